The number of hydrogen-bond acceptors (Lipinski definition) is 6. The molecule has 5 rings (SSSR count). The Labute approximate surface area is 252 Å². The Balaban J connectivity index is 0.00000111. The van der Waals surface area contributed by atoms with Gasteiger partial charge in [-0.2, -0.15) is 12.6 Å². The average molecular weight is 602 g/mol. The Morgan fingerprint density at radius 1 is 1.10 bits per heavy atom. The summed E-state index contributed by atoms with van der Waals surface area (Å²) in [6, 6.07) is 8.24. The predicted molar refractivity (Wildman–Crippen MR) is 176 cm³/mol. The molecular weight excluding hydrogens is 553 g/mol. The Morgan fingerprint density at radius 2 is 1.76 bits per heavy atom. The lowest BCUT2D eigenvalue weighted by atomic mass is 9.80. The monoisotopic (exact) mass is 601 g/mol. The van der Waals surface area contributed by atoms with Gasteiger partial charge in [-0.1, -0.05) is 34.6 Å². The molecule has 0 aromatic heterocycles. The van der Waals surface area contributed by atoms with Gasteiger partial charge in [0.1, 0.15) is 18.1 Å². The number of thiol groups is 1. The Hall–Kier alpha value is -2.36. The predicted octanol–water partition coefficient (Wildman–Crippen LogP) is 5.66. The van der Waals surface area contributed by atoms with Gasteiger partial charge in [0.2, 0.25) is 15.4 Å². The zero-order valence-electron chi connectivity index (χ0n) is 26.7. The van der Waals surface area contributed by atoms with Crippen molar-refractivity contribution < 1.29 is 13.2 Å². The van der Waals surface area contributed by atoms with Crippen molar-refractivity contribution in [3.8, 4) is 11.5 Å². The summed E-state index contributed by atoms with van der Waals surface area (Å²) in [5, 5.41) is 1.64. The molecular formula is C32H49N4O3S2+. The van der Waals surface area contributed by atoms with Crippen molar-refractivity contribution in [2.45, 2.75) is 85.7 Å². The lowest BCUT2D eigenvalue weighted by Crippen LogP contribution is -2.48. The molecule has 2 aromatic rings. The van der Waals surface area contributed by atoms with E-state index in [4.69, 9.17) is 9.73 Å². The quantitative estimate of drug-likeness (QED) is 0.292. The van der Waals surface area contributed by atoms with Crippen LogP contribution in [0.25, 0.3) is 5.57 Å². The summed E-state index contributed by atoms with van der Waals surface area (Å²) in [6.45, 7) is 19.3. The molecule has 3 aliphatic heterocycles. The van der Waals surface area contributed by atoms with Gasteiger partial charge in [-0.15, -0.1) is 0 Å². The van der Waals surface area contributed by atoms with E-state index in [0.29, 0.717) is 29.3 Å². The van der Waals surface area contributed by atoms with Crippen molar-refractivity contribution in [1.29, 1.82) is 0 Å². The minimum atomic E-state index is -3.51. The van der Waals surface area contributed by atoms with Gasteiger partial charge in [0.15, 0.2) is 17.0 Å². The smallest absolute Gasteiger partial charge is 0.215 e. The second-order valence-corrected chi connectivity index (χ2v) is 13.9. The Bertz CT molecular complexity index is 1560. The first-order valence-corrected chi connectivity index (χ1v) is 17.0. The standard InChI is InChI=1S/C28H36N4O3S2.2C2H6/c1-17-14-27(2,3)31(6)23-12-25-21(10-19(17)23)30-22-11-20-18(16-37(33,34)29-8-9-36)15-28(4,5)32(7)24(20)13-26(22)35-25;2*1-2/h10-13,15,17,29H,8-9,14,16H2,1-7H3;2*1-2H3/p+1. The lowest BCUT2D eigenvalue weighted by molar-refractivity contribution is 0.393. The molecule has 3 heterocycles. The van der Waals surface area contributed by atoms with Crippen molar-refractivity contribution in [3.05, 3.63) is 52.2 Å². The first-order valence-electron chi connectivity index (χ1n) is 14.8. The van der Waals surface area contributed by atoms with Gasteiger partial charge in [-0.25, -0.2) is 22.7 Å². The molecule has 41 heavy (non-hydrogen) atoms. The number of benzene rings is 2. The van der Waals surface area contributed by atoms with E-state index in [1.54, 1.807) is 0 Å². The van der Waals surface area contributed by atoms with Crippen LogP contribution in [-0.2, 0) is 10.0 Å². The third-order valence-electron chi connectivity index (χ3n) is 8.13. The summed E-state index contributed by atoms with van der Waals surface area (Å²) < 4.78 is 36.9. The van der Waals surface area contributed by atoms with Crippen LogP contribution >= 0.6 is 12.6 Å². The van der Waals surface area contributed by atoms with Crippen molar-refractivity contribution in [1.82, 2.24) is 9.30 Å². The van der Waals surface area contributed by atoms with E-state index in [2.05, 4.69) is 80.6 Å². The number of anilines is 1. The number of fused-ring (bicyclic) bond motifs is 4. The highest BCUT2D eigenvalue weighted by atomic mass is 32.2. The highest BCUT2D eigenvalue weighted by Gasteiger charge is 2.37. The average Bonchev–Trinajstić information content (AvgIpc) is 2.92. The number of sulfonamides is 1. The largest absolute Gasteiger partial charge is 0.452 e. The highest BCUT2D eigenvalue weighted by Crippen LogP contribution is 2.48. The summed E-state index contributed by atoms with van der Waals surface area (Å²) in [6.07, 6.45) is 3.10. The molecule has 0 bridgehead atoms. The molecule has 3 aliphatic rings. The Morgan fingerprint density at radius 3 is 2.39 bits per heavy atom. The number of nitrogens with zero attached hydrogens (tertiary/aromatic N) is 3. The third kappa shape index (κ3) is 6.52. The fraction of sp³-hybridized carbons (Fsp3) is 0.562. The van der Waals surface area contributed by atoms with Crippen molar-refractivity contribution in [2.24, 2.45) is 4.99 Å². The van der Waals surface area contributed by atoms with E-state index < -0.39 is 10.0 Å². The number of likely N-dealkylation sites (N-methyl/N-ethyl adjacent to an activating group) is 1. The molecule has 0 fully saturated rings. The fourth-order valence-corrected chi connectivity index (χ4v) is 7.17. The Kier molecular flexibility index (Phi) is 10.1. The van der Waals surface area contributed by atoms with Crippen LogP contribution in [0.2, 0.25) is 0 Å². The molecule has 0 saturated heterocycles. The molecule has 0 aliphatic carbocycles. The first-order chi connectivity index (χ1) is 19.2. The van der Waals surface area contributed by atoms with E-state index in [1.807, 2.05) is 53.0 Å². The van der Waals surface area contributed by atoms with Crippen LogP contribution < -0.4 is 29.6 Å². The molecule has 1 unspecified atom stereocenters. The van der Waals surface area contributed by atoms with Gasteiger partial charge in [-0.3, -0.25) is 0 Å². The number of hydrogen-bond donors (Lipinski definition) is 2. The van der Waals surface area contributed by atoms with E-state index >= 15 is 0 Å². The first kappa shape index (κ1) is 33.1. The maximum absolute atomic E-state index is 12.8. The minimum Gasteiger partial charge on any atom is -0.452 e. The second kappa shape index (κ2) is 12.5. The topological polar surface area (TPSA) is 74.0 Å². The van der Waals surface area contributed by atoms with Crippen LogP contribution in [0.5, 0.6) is 11.5 Å². The van der Waals surface area contributed by atoms with E-state index in [-0.39, 0.29) is 16.8 Å². The molecule has 0 amide bonds. The van der Waals surface area contributed by atoms with Gasteiger partial charge in [0.05, 0.1) is 17.4 Å². The maximum atomic E-state index is 12.8. The van der Waals surface area contributed by atoms with Crippen molar-refractivity contribution >= 4 is 39.6 Å². The molecule has 2 aromatic carbocycles. The van der Waals surface area contributed by atoms with Crippen molar-refractivity contribution in [3.63, 3.8) is 0 Å². The maximum Gasteiger partial charge on any atom is 0.215 e. The fourth-order valence-electron chi connectivity index (χ4n) is 5.75. The molecule has 0 radical (unpaired) electrons. The number of ether oxygens (including phenoxy) is 1. The van der Waals surface area contributed by atoms with Crippen LogP contribution in [-0.4, -0.2) is 51.6 Å². The zero-order valence-corrected chi connectivity index (χ0v) is 28.4. The zero-order chi connectivity index (χ0) is 30.9. The molecule has 7 nitrogen and oxygen atoms in total. The lowest BCUT2D eigenvalue weighted by Gasteiger charge is -2.45. The summed E-state index contributed by atoms with van der Waals surface area (Å²) >= 11 is 4.13. The van der Waals surface area contributed by atoms with Gasteiger partial charge in [0.25, 0.3) is 0 Å². The molecule has 226 valence electrons. The summed E-state index contributed by atoms with van der Waals surface area (Å²) in [5.41, 5.74) is 4.58. The highest BCUT2D eigenvalue weighted by molar-refractivity contribution is 7.90. The van der Waals surface area contributed by atoms with Crippen LogP contribution in [0.4, 0.5) is 11.4 Å². The summed E-state index contributed by atoms with van der Waals surface area (Å²) in [7, 11) is 0.660. The van der Waals surface area contributed by atoms with E-state index in [9.17, 15) is 8.42 Å². The van der Waals surface area contributed by atoms with Gasteiger partial charge in [-0.05, 0) is 55.5 Å². The van der Waals surface area contributed by atoms with Gasteiger partial charge < -0.3 is 9.64 Å². The third-order valence-corrected chi connectivity index (χ3v) is 9.69. The number of rotatable bonds is 5. The van der Waals surface area contributed by atoms with E-state index in [0.717, 1.165) is 34.4 Å². The van der Waals surface area contributed by atoms with E-state index in [1.165, 1.54) is 11.3 Å². The van der Waals surface area contributed by atoms with Gasteiger partial charge in [0, 0.05) is 50.5 Å². The molecule has 0 saturated carbocycles. The minimum absolute atomic E-state index is 0.0581. The van der Waals surface area contributed by atoms with Crippen molar-refractivity contribution in [2.75, 3.05) is 37.0 Å². The van der Waals surface area contributed by atoms with Crippen LogP contribution in [0.15, 0.2) is 35.3 Å². The van der Waals surface area contributed by atoms with Gasteiger partial charge >= 0.3 is 0 Å². The van der Waals surface area contributed by atoms with Crippen LogP contribution in [0.3, 0.4) is 0 Å². The normalized spacial score (nSPS) is 19.3. The number of nitrogens with one attached hydrogen (secondary N) is 1. The SMILES string of the molecule is CC.CC.CC1CC(C)(C)N(C)c2cc3c(cc21)N=c1cc2c(cc1O3)=[N+](C)C(C)(C)C=C2CS(=O)(=O)NCCS. The molecule has 9 heteroatoms. The summed E-state index contributed by atoms with van der Waals surface area (Å²) in [4.78, 5) is 7.34. The molecule has 0 spiro atoms. The second-order valence-electron chi connectivity index (χ2n) is 11.7. The molecule has 1 N–H and O–H groups in total. The summed E-state index contributed by atoms with van der Waals surface area (Å²) in [5.74, 6) is 2.18. The van der Waals surface area contributed by atoms with Crippen LogP contribution in [0.1, 0.15) is 85.8 Å². The molecule has 1 atom stereocenters. The van der Waals surface area contributed by atoms with Crippen LogP contribution in [0, 0.1) is 0 Å².